The summed E-state index contributed by atoms with van der Waals surface area (Å²) >= 11 is 0. The van der Waals surface area contributed by atoms with E-state index in [1.165, 1.54) is 122 Å². The first-order valence-corrected chi connectivity index (χ1v) is 28.3. The Morgan fingerprint density at radius 2 is 0.618 bits per heavy atom. The van der Waals surface area contributed by atoms with Gasteiger partial charge in [0, 0.05) is 19.3 Å². The van der Waals surface area contributed by atoms with Gasteiger partial charge in [-0.3, -0.25) is 14.4 Å². The number of rotatable bonds is 50. The van der Waals surface area contributed by atoms with Gasteiger partial charge in [-0.2, -0.15) is 0 Å². The average Bonchev–Trinajstić information content (AvgIpc) is 3.34. The van der Waals surface area contributed by atoms with Gasteiger partial charge < -0.3 is 14.2 Å². The third-order valence-corrected chi connectivity index (χ3v) is 11.8. The molecule has 6 nitrogen and oxygen atoms in total. The van der Waals surface area contributed by atoms with Crippen LogP contribution in [0.2, 0.25) is 0 Å². The summed E-state index contributed by atoms with van der Waals surface area (Å²) in [7, 11) is 0. The van der Waals surface area contributed by atoms with E-state index in [9.17, 15) is 14.4 Å². The molecule has 0 fully saturated rings. The standard InChI is InChI=1S/C62H104O6/c1-4-7-10-13-16-19-22-25-28-30-31-32-35-37-40-43-46-49-52-55-61(64)67-58-59(57-66-60(63)54-51-48-45-42-39-36-33-27-24-21-18-15-12-9-6-3)68-62(65)56-53-50-47-44-41-38-34-29-26-23-20-17-14-11-8-5-2/h8,11,16-22,24-27,29,38,41,59H,4-7,9-10,12-15,23,28,30-37,39-40,42-58H2,1-3H3/b11-8-,19-16-,20-17-,21-18-,25-22-,27-24-,29-26-,41-38-. The van der Waals surface area contributed by atoms with E-state index in [0.717, 1.165) is 96.3 Å². The molecule has 1 unspecified atom stereocenters. The molecule has 0 N–H and O–H groups in total. The van der Waals surface area contributed by atoms with Crippen LogP contribution in [0.5, 0.6) is 0 Å². The molecule has 0 aromatic rings. The molecular formula is C62H104O6. The van der Waals surface area contributed by atoms with Gasteiger partial charge in [0.05, 0.1) is 0 Å². The minimum Gasteiger partial charge on any atom is -0.462 e. The Kier molecular flexibility index (Phi) is 52.9. The van der Waals surface area contributed by atoms with Crippen molar-refractivity contribution in [2.45, 2.75) is 264 Å². The third kappa shape index (κ3) is 53.3. The van der Waals surface area contributed by atoms with Crippen molar-refractivity contribution in [2.75, 3.05) is 13.2 Å². The van der Waals surface area contributed by atoms with Crippen LogP contribution >= 0.6 is 0 Å². The minimum absolute atomic E-state index is 0.0966. The van der Waals surface area contributed by atoms with Crippen LogP contribution < -0.4 is 0 Å². The lowest BCUT2D eigenvalue weighted by atomic mass is 10.1. The summed E-state index contributed by atoms with van der Waals surface area (Å²) in [5.41, 5.74) is 0. The molecule has 1 atom stereocenters. The zero-order valence-electron chi connectivity index (χ0n) is 44.3. The maximum Gasteiger partial charge on any atom is 0.306 e. The van der Waals surface area contributed by atoms with Crippen molar-refractivity contribution in [3.05, 3.63) is 97.2 Å². The molecule has 0 saturated carbocycles. The average molecular weight is 946 g/mol. The van der Waals surface area contributed by atoms with Crippen molar-refractivity contribution < 1.29 is 28.6 Å². The number of esters is 3. The fourth-order valence-corrected chi connectivity index (χ4v) is 7.59. The molecule has 0 bridgehead atoms. The predicted octanol–water partition coefficient (Wildman–Crippen LogP) is 18.9. The van der Waals surface area contributed by atoms with Crippen LogP contribution in [-0.2, 0) is 28.6 Å². The maximum atomic E-state index is 12.8. The van der Waals surface area contributed by atoms with E-state index in [2.05, 4.69) is 118 Å². The van der Waals surface area contributed by atoms with Crippen LogP contribution in [0.25, 0.3) is 0 Å². The number of carbonyl (C=O) groups excluding carboxylic acids is 3. The summed E-state index contributed by atoms with van der Waals surface area (Å²) in [6, 6.07) is 0. The van der Waals surface area contributed by atoms with E-state index in [0.29, 0.717) is 12.8 Å². The summed E-state index contributed by atoms with van der Waals surface area (Å²) in [5.74, 6) is -0.941. The van der Waals surface area contributed by atoms with Crippen LogP contribution in [0.3, 0.4) is 0 Å². The third-order valence-electron chi connectivity index (χ3n) is 11.8. The summed E-state index contributed by atoms with van der Waals surface area (Å²) in [6.07, 6.45) is 73.9. The van der Waals surface area contributed by atoms with E-state index >= 15 is 0 Å². The van der Waals surface area contributed by atoms with Crippen molar-refractivity contribution in [3.63, 3.8) is 0 Å². The Morgan fingerprint density at radius 1 is 0.324 bits per heavy atom. The Morgan fingerprint density at radius 3 is 1.00 bits per heavy atom. The first kappa shape index (κ1) is 64.3. The molecule has 6 heteroatoms. The molecule has 0 saturated heterocycles. The Balaban J connectivity index is 4.45. The van der Waals surface area contributed by atoms with Gasteiger partial charge in [0.2, 0.25) is 0 Å². The smallest absolute Gasteiger partial charge is 0.306 e. The van der Waals surface area contributed by atoms with Crippen LogP contribution in [0.15, 0.2) is 97.2 Å². The summed E-state index contributed by atoms with van der Waals surface area (Å²) < 4.78 is 16.8. The SMILES string of the molecule is CC/C=C\C/C=C\C/C=C\C/C=C\CCCCCC(=O)OC(COC(=O)CCCCCCCC/C=C\C=C/CCCCC)COC(=O)CCCCCCCCCCCC/C=C\C=C/CCCCC. The topological polar surface area (TPSA) is 78.9 Å². The largest absolute Gasteiger partial charge is 0.462 e. The second-order valence-corrected chi connectivity index (χ2v) is 18.5. The Bertz CT molecular complexity index is 1360. The highest BCUT2D eigenvalue weighted by Gasteiger charge is 2.19. The molecule has 0 aromatic heterocycles. The molecule has 0 heterocycles. The van der Waals surface area contributed by atoms with E-state index in [4.69, 9.17) is 14.2 Å². The van der Waals surface area contributed by atoms with E-state index in [-0.39, 0.29) is 37.5 Å². The van der Waals surface area contributed by atoms with E-state index < -0.39 is 6.10 Å². The lowest BCUT2D eigenvalue weighted by Gasteiger charge is -2.18. The zero-order chi connectivity index (χ0) is 49.3. The molecule has 0 aromatic carbocycles. The van der Waals surface area contributed by atoms with Crippen LogP contribution in [0, 0.1) is 0 Å². The van der Waals surface area contributed by atoms with Gasteiger partial charge in [0.1, 0.15) is 13.2 Å². The molecule has 0 aliphatic carbocycles. The molecule has 0 aliphatic rings. The van der Waals surface area contributed by atoms with Gasteiger partial charge in [-0.1, -0.05) is 227 Å². The summed E-state index contributed by atoms with van der Waals surface area (Å²) in [5, 5.41) is 0. The van der Waals surface area contributed by atoms with Crippen molar-refractivity contribution >= 4 is 17.9 Å². The second kappa shape index (κ2) is 55.9. The number of allylic oxidation sites excluding steroid dienone is 16. The van der Waals surface area contributed by atoms with Crippen LogP contribution in [0.4, 0.5) is 0 Å². The fraction of sp³-hybridized carbons (Fsp3) is 0.694. The van der Waals surface area contributed by atoms with Crippen LogP contribution in [0.1, 0.15) is 258 Å². The molecule has 388 valence electrons. The van der Waals surface area contributed by atoms with Gasteiger partial charge in [0.25, 0.3) is 0 Å². The highest BCUT2D eigenvalue weighted by atomic mass is 16.6. The summed E-state index contributed by atoms with van der Waals surface area (Å²) in [6.45, 7) is 6.43. The fourth-order valence-electron chi connectivity index (χ4n) is 7.59. The van der Waals surface area contributed by atoms with Gasteiger partial charge in [-0.05, 0) is 109 Å². The molecule has 68 heavy (non-hydrogen) atoms. The number of ether oxygens (including phenoxy) is 3. The molecule has 0 aliphatic heterocycles. The second-order valence-electron chi connectivity index (χ2n) is 18.5. The molecule has 0 spiro atoms. The van der Waals surface area contributed by atoms with Crippen molar-refractivity contribution in [1.82, 2.24) is 0 Å². The van der Waals surface area contributed by atoms with E-state index in [1.54, 1.807) is 0 Å². The van der Waals surface area contributed by atoms with Crippen molar-refractivity contribution in [3.8, 4) is 0 Å². The maximum absolute atomic E-state index is 12.8. The van der Waals surface area contributed by atoms with E-state index in [1.807, 2.05) is 0 Å². The lowest BCUT2D eigenvalue weighted by molar-refractivity contribution is -0.167. The Labute approximate surface area is 419 Å². The molecular weight excluding hydrogens is 841 g/mol. The van der Waals surface area contributed by atoms with Gasteiger partial charge >= 0.3 is 17.9 Å². The lowest BCUT2D eigenvalue weighted by Crippen LogP contribution is -2.30. The number of unbranched alkanes of at least 4 members (excludes halogenated alkanes) is 25. The number of hydrogen-bond donors (Lipinski definition) is 0. The highest BCUT2D eigenvalue weighted by molar-refractivity contribution is 5.71. The number of hydrogen-bond acceptors (Lipinski definition) is 6. The van der Waals surface area contributed by atoms with Crippen molar-refractivity contribution in [1.29, 1.82) is 0 Å². The van der Waals surface area contributed by atoms with Gasteiger partial charge in [-0.25, -0.2) is 0 Å². The van der Waals surface area contributed by atoms with Gasteiger partial charge in [0.15, 0.2) is 6.10 Å². The summed E-state index contributed by atoms with van der Waals surface area (Å²) in [4.78, 5) is 38.1. The first-order valence-electron chi connectivity index (χ1n) is 28.3. The highest BCUT2D eigenvalue weighted by Crippen LogP contribution is 2.14. The molecule has 0 radical (unpaired) electrons. The predicted molar refractivity (Wildman–Crippen MR) is 293 cm³/mol. The Hall–Kier alpha value is -3.67. The monoisotopic (exact) mass is 945 g/mol. The molecule has 0 rings (SSSR count). The van der Waals surface area contributed by atoms with Crippen LogP contribution in [-0.4, -0.2) is 37.2 Å². The minimum atomic E-state index is -0.802. The van der Waals surface area contributed by atoms with Gasteiger partial charge in [-0.15, -0.1) is 0 Å². The normalized spacial score (nSPS) is 12.8. The quantitative estimate of drug-likeness (QED) is 0.0199. The first-order chi connectivity index (χ1) is 33.5. The number of carbonyl (C=O) groups is 3. The zero-order valence-corrected chi connectivity index (χ0v) is 44.3. The van der Waals surface area contributed by atoms with Crippen molar-refractivity contribution in [2.24, 2.45) is 0 Å². The molecule has 0 amide bonds.